The molecule has 3 aliphatic heterocycles. The molecule has 1 spiro atoms. The molecule has 0 saturated carbocycles. The van der Waals surface area contributed by atoms with Crippen LogP contribution in [0.3, 0.4) is 0 Å². The molecule has 9 nitrogen and oxygen atoms in total. The molecule has 0 aliphatic carbocycles. The average Bonchev–Trinajstić information content (AvgIpc) is 3.54. The van der Waals surface area contributed by atoms with Crippen LogP contribution in [0.25, 0.3) is 11.1 Å². The van der Waals surface area contributed by atoms with Crippen molar-refractivity contribution in [2.24, 2.45) is 5.92 Å². The molecule has 4 atom stereocenters. The number of aliphatic hydroxyl groups excluding tert-OH is 1. The number of rotatable bonds is 9. The zero-order chi connectivity index (χ0) is 31.2. The van der Waals surface area contributed by atoms with E-state index in [-0.39, 0.29) is 30.8 Å². The van der Waals surface area contributed by atoms with Crippen LogP contribution in [0.1, 0.15) is 61.3 Å². The molecule has 0 radical (unpaired) electrons. The first kappa shape index (κ1) is 31.7. The van der Waals surface area contributed by atoms with E-state index in [2.05, 4.69) is 71.0 Å². The van der Waals surface area contributed by atoms with Crippen molar-refractivity contribution < 1.29 is 28.8 Å². The van der Waals surface area contributed by atoms with E-state index in [0.29, 0.717) is 26.3 Å². The lowest BCUT2D eigenvalue weighted by molar-refractivity contribution is -0.278. The van der Waals surface area contributed by atoms with E-state index < -0.39 is 12.1 Å². The molecular formula is C36H45N3O6. The molecule has 9 heteroatoms. The maximum Gasteiger partial charge on any atom is 0.315 e. The molecule has 3 saturated heterocycles. The van der Waals surface area contributed by atoms with Crippen LogP contribution in [0.5, 0.6) is 0 Å². The van der Waals surface area contributed by atoms with Crippen molar-refractivity contribution in [1.29, 1.82) is 0 Å². The van der Waals surface area contributed by atoms with Crippen LogP contribution in [0.15, 0.2) is 72.8 Å². The molecule has 4 unspecified atom stereocenters. The Morgan fingerprint density at radius 3 is 2.29 bits per heavy atom. The highest BCUT2D eigenvalue weighted by Gasteiger charge is 2.43. The minimum atomic E-state index is -0.520. The summed E-state index contributed by atoms with van der Waals surface area (Å²) in [5.74, 6) is -0.286. The summed E-state index contributed by atoms with van der Waals surface area (Å²) in [5.41, 5.74) is 6.11. The number of ether oxygens (including phenoxy) is 4. The summed E-state index contributed by atoms with van der Waals surface area (Å²) in [4.78, 5) is 14.3. The number of hydrogen-bond donors (Lipinski definition) is 3. The number of piperidine rings is 1. The predicted molar refractivity (Wildman–Crippen MR) is 171 cm³/mol. The van der Waals surface area contributed by atoms with Gasteiger partial charge in [-0.2, -0.15) is 0 Å². The van der Waals surface area contributed by atoms with Gasteiger partial charge in [-0.1, -0.05) is 73.7 Å². The standard InChI is InChI=1S/C36H45N3O6/c1-3-37-35(41)38-22-27-5-4-6-31(21-27)28-11-13-30(14-12-28)34-44-32(23-39-17-15-36(16-18-39)42-19-20-43-36)25(2)33(45-34)29-9-7-26(24-40)8-10-29/h4-14,21,25,32-34,40H,3,15-20,22-24H2,1-2H3,(H2,37,38,41). The SMILES string of the molecule is CCNC(=O)NCc1cccc(-c2ccc(C3OC(CN4CCC5(CC4)OCCO5)C(C)C(c4ccc(CO)cc4)O3)cc2)c1. The predicted octanol–water partition coefficient (Wildman–Crippen LogP) is 5.30. The lowest BCUT2D eigenvalue weighted by Gasteiger charge is -2.44. The Morgan fingerprint density at radius 1 is 0.889 bits per heavy atom. The van der Waals surface area contributed by atoms with Crippen molar-refractivity contribution in [3.63, 3.8) is 0 Å². The molecule has 3 aromatic carbocycles. The molecule has 6 rings (SSSR count). The van der Waals surface area contributed by atoms with Gasteiger partial charge in [-0.3, -0.25) is 0 Å². The third-order valence-corrected chi connectivity index (χ3v) is 9.23. The highest BCUT2D eigenvalue weighted by Crippen LogP contribution is 2.42. The summed E-state index contributed by atoms with van der Waals surface area (Å²) < 4.78 is 25.3. The summed E-state index contributed by atoms with van der Waals surface area (Å²) >= 11 is 0. The van der Waals surface area contributed by atoms with Gasteiger partial charge in [-0.05, 0) is 40.8 Å². The van der Waals surface area contributed by atoms with E-state index in [1.807, 2.05) is 31.2 Å². The highest BCUT2D eigenvalue weighted by molar-refractivity contribution is 5.73. The zero-order valence-electron chi connectivity index (χ0n) is 26.2. The van der Waals surface area contributed by atoms with Gasteiger partial charge in [0.2, 0.25) is 0 Å². The minimum absolute atomic E-state index is 0.0134. The molecule has 3 heterocycles. The Hall–Kier alpha value is -3.31. The van der Waals surface area contributed by atoms with Gasteiger partial charge in [0.1, 0.15) is 0 Å². The van der Waals surface area contributed by atoms with E-state index in [0.717, 1.165) is 65.9 Å². The van der Waals surface area contributed by atoms with Gasteiger partial charge in [-0.25, -0.2) is 4.79 Å². The first-order valence-electron chi connectivity index (χ1n) is 16.2. The molecule has 0 bridgehead atoms. The Bertz CT molecular complexity index is 1400. The fraction of sp³-hybridized carbons (Fsp3) is 0.472. The van der Waals surface area contributed by atoms with E-state index in [1.165, 1.54) is 0 Å². The lowest BCUT2D eigenvalue weighted by atomic mass is 9.89. The van der Waals surface area contributed by atoms with Crippen LogP contribution in [-0.4, -0.2) is 67.3 Å². The molecule has 2 amide bonds. The first-order valence-corrected chi connectivity index (χ1v) is 16.2. The lowest BCUT2D eigenvalue weighted by Crippen LogP contribution is -2.50. The van der Waals surface area contributed by atoms with Crippen LogP contribution in [-0.2, 0) is 32.1 Å². The number of aliphatic hydroxyl groups is 1. The first-order chi connectivity index (χ1) is 21.9. The van der Waals surface area contributed by atoms with Crippen molar-refractivity contribution in [1.82, 2.24) is 15.5 Å². The Kier molecular flexibility index (Phi) is 10.1. The number of nitrogens with zero attached hydrogens (tertiary/aromatic N) is 1. The minimum Gasteiger partial charge on any atom is -0.392 e. The topological polar surface area (TPSA) is 102 Å². The van der Waals surface area contributed by atoms with E-state index in [4.69, 9.17) is 18.9 Å². The van der Waals surface area contributed by atoms with Crippen LogP contribution in [0.4, 0.5) is 4.79 Å². The van der Waals surface area contributed by atoms with Gasteiger partial charge < -0.3 is 39.6 Å². The molecule has 240 valence electrons. The van der Waals surface area contributed by atoms with Crippen molar-refractivity contribution in [3.8, 4) is 11.1 Å². The van der Waals surface area contributed by atoms with Gasteiger partial charge in [-0.15, -0.1) is 0 Å². The number of urea groups is 1. The Balaban J connectivity index is 1.18. The second-order valence-corrected chi connectivity index (χ2v) is 12.3. The van der Waals surface area contributed by atoms with Gasteiger partial charge in [0, 0.05) is 57.0 Å². The number of likely N-dealkylation sites (tertiary alicyclic amines) is 1. The number of carbonyl (C=O) groups excluding carboxylic acids is 1. The van der Waals surface area contributed by atoms with Gasteiger partial charge in [0.05, 0.1) is 32.0 Å². The number of nitrogens with one attached hydrogen (secondary N) is 2. The molecule has 3 N–H and O–H groups in total. The molecule has 0 aromatic heterocycles. The molecular weight excluding hydrogens is 570 g/mol. The third kappa shape index (κ3) is 7.57. The maximum atomic E-state index is 11.8. The normalized spacial score (nSPS) is 24.9. The average molecular weight is 616 g/mol. The monoisotopic (exact) mass is 615 g/mol. The van der Waals surface area contributed by atoms with Crippen molar-refractivity contribution >= 4 is 6.03 Å². The van der Waals surface area contributed by atoms with Crippen LogP contribution < -0.4 is 10.6 Å². The fourth-order valence-electron chi connectivity index (χ4n) is 6.54. The van der Waals surface area contributed by atoms with Crippen molar-refractivity contribution in [2.45, 2.75) is 64.1 Å². The highest BCUT2D eigenvalue weighted by atomic mass is 16.7. The second-order valence-electron chi connectivity index (χ2n) is 12.3. The fourth-order valence-corrected chi connectivity index (χ4v) is 6.54. The molecule has 3 fully saturated rings. The third-order valence-electron chi connectivity index (χ3n) is 9.23. The van der Waals surface area contributed by atoms with Gasteiger partial charge in [0.25, 0.3) is 0 Å². The maximum absolute atomic E-state index is 11.8. The largest absolute Gasteiger partial charge is 0.392 e. The van der Waals surface area contributed by atoms with Gasteiger partial charge >= 0.3 is 6.03 Å². The Labute approximate surface area is 265 Å². The number of benzene rings is 3. The Morgan fingerprint density at radius 2 is 1.60 bits per heavy atom. The summed E-state index contributed by atoms with van der Waals surface area (Å²) in [6.45, 7) is 9.13. The summed E-state index contributed by atoms with van der Waals surface area (Å²) in [6.07, 6.45) is 1.01. The zero-order valence-corrected chi connectivity index (χ0v) is 26.2. The van der Waals surface area contributed by atoms with Crippen LogP contribution in [0.2, 0.25) is 0 Å². The van der Waals surface area contributed by atoms with Gasteiger partial charge in [0.15, 0.2) is 12.1 Å². The van der Waals surface area contributed by atoms with E-state index in [1.54, 1.807) is 0 Å². The molecule has 45 heavy (non-hydrogen) atoms. The summed E-state index contributed by atoms with van der Waals surface area (Å²) in [6, 6.07) is 24.4. The molecule has 3 aliphatic rings. The molecule has 3 aromatic rings. The van der Waals surface area contributed by atoms with E-state index >= 15 is 0 Å². The number of amides is 2. The van der Waals surface area contributed by atoms with Crippen LogP contribution >= 0.6 is 0 Å². The van der Waals surface area contributed by atoms with Crippen molar-refractivity contribution in [3.05, 3.63) is 95.1 Å². The summed E-state index contributed by atoms with van der Waals surface area (Å²) in [7, 11) is 0. The second kappa shape index (κ2) is 14.4. The quantitative estimate of drug-likeness (QED) is 0.301. The van der Waals surface area contributed by atoms with E-state index in [9.17, 15) is 9.90 Å². The number of carbonyl (C=O) groups is 1. The summed E-state index contributed by atoms with van der Waals surface area (Å²) in [5, 5.41) is 15.2. The van der Waals surface area contributed by atoms with Crippen LogP contribution in [0, 0.1) is 5.92 Å². The smallest absolute Gasteiger partial charge is 0.315 e. The van der Waals surface area contributed by atoms with Crippen molar-refractivity contribution in [2.75, 3.05) is 39.4 Å². The number of hydrogen-bond acceptors (Lipinski definition) is 7.